The molecule has 1 atom stereocenters. The summed E-state index contributed by atoms with van der Waals surface area (Å²) in [5, 5.41) is 13.1. The average Bonchev–Trinajstić information content (AvgIpc) is 3.24. The molecule has 6 nitrogen and oxygen atoms in total. The Morgan fingerprint density at radius 1 is 1.16 bits per heavy atom. The van der Waals surface area contributed by atoms with E-state index in [4.69, 9.17) is 4.74 Å². The molecule has 25 heavy (non-hydrogen) atoms. The minimum absolute atomic E-state index is 0.0478. The Balaban J connectivity index is 1.79. The second-order valence-electron chi connectivity index (χ2n) is 6.10. The SMILES string of the molecule is COc1ccc([C@@H]2N(c3cccc(C#N)c3)C(=O)N3CCCN23)cc1. The molecule has 0 aliphatic carbocycles. The van der Waals surface area contributed by atoms with Gasteiger partial charge >= 0.3 is 6.03 Å². The van der Waals surface area contributed by atoms with Gasteiger partial charge in [0.2, 0.25) is 0 Å². The van der Waals surface area contributed by atoms with E-state index < -0.39 is 0 Å². The van der Waals surface area contributed by atoms with Crippen LogP contribution in [0.1, 0.15) is 23.7 Å². The molecule has 0 aromatic heterocycles. The summed E-state index contributed by atoms with van der Waals surface area (Å²) in [7, 11) is 1.63. The van der Waals surface area contributed by atoms with Crippen LogP contribution in [0.2, 0.25) is 0 Å². The lowest BCUT2D eigenvalue weighted by Gasteiger charge is -2.28. The first-order valence-electron chi connectivity index (χ1n) is 8.24. The number of rotatable bonds is 3. The third-order valence-electron chi connectivity index (χ3n) is 4.69. The second-order valence-corrected chi connectivity index (χ2v) is 6.10. The highest BCUT2D eigenvalue weighted by atomic mass is 16.5. The second kappa shape index (κ2) is 6.11. The van der Waals surface area contributed by atoms with Gasteiger partial charge in [0.1, 0.15) is 11.9 Å². The quantitative estimate of drug-likeness (QED) is 0.865. The molecular weight excluding hydrogens is 316 g/mol. The summed E-state index contributed by atoms with van der Waals surface area (Å²) in [5.74, 6) is 0.782. The average molecular weight is 334 g/mol. The van der Waals surface area contributed by atoms with Crippen LogP contribution in [0.15, 0.2) is 48.5 Å². The van der Waals surface area contributed by atoms with Crippen molar-refractivity contribution < 1.29 is 9.53 Å². The molecule has 0 N–H and O–H groups in total. The van der Waals surface area contributed by atoms with Crippen molar-refractivity contribution >= 4 is 11.7 Å². The number of urea groups is 1. The van der Waals surface area contributed by atoms with E-state index in [1.165, 1.54) is 0 Å². The molecule has 0 unspecified atom stereocenters. The normalized spacial score (nSPS) is 19.8. The third-order valence-corrected chi connectivity index (χ3v) is 4.69. The van der Waals surface area contributed by atoms with Gasteiger partial charge in [0, 0.05) is 18.8 Å². The lowest BCUT2D eigenvalue weighted by molar-refractivity contribution is 0.0727. The maximum Gasteiger partial charge on any atom is 0.340 e. The molecule has 0 spiro atoms. The minimum atomic E-state index is -0.213. The van der Waals surface area contributed by atoms with Crippen molar-refractivity contribution in [1.82, 2.24) is 10.0 Å². The first-order valence-corrected chi connectivity index (χ1v) is 8.24. The summed E-state index contributed by atoms with van der Waals surface area (Å²) in [6, 6.07) is 17.1. The number of hydrogen-bond acceptors (Lipinski definition) is 4. The zero-order valence-corrected chi connectivity index (χ0v) is 13.9. The maximum atomic E-state index is 13.0. The number of benzene rings is 2. The maximum absolute atomic E-state index is 13.0. The van der Waals surface area contributed by atoms with Crippen molar-refractivity contribution in [2.75, 3.05) is 25.1 Å². The molecule has 0 radical (unpaired) electrons. The highest BCUT2D eigenvalue weighted by Crippen LogP contribution is 2.40. The van der Waals surface area contributed by atoms with Crippen molar-refractivity contribution in [3.8, 4) is 11.8 Å². The third kappa shape index (κ3) is 2.49. The van der Waals surface area contributed by atoms with Crippen LogP contribution in [0.4, 0.5) is 10.5 Å². The van der Waals surface area contributed by atoms with E-state index in [-0.39, 0.29) is 12.2 Å². The molecule has 0 saturated carbocycles. The van der Waals surface area contributed by atoms with Crippen LogP contribution in [-0.2, 0) is 0 Å². The summed E-state index contributed by atoms with van der Waals surface area (Å²) >= 11 is 0. The first kappa shape index (κ1) is 15.5. The van der Waals surface area contributed by atoms with Crippen LogP contribution in [0.25, 0.3) is 0 Å². The van der Waals surface area contributed by atoms with Gasteiger partial charge in [-0.3, -0.25) is 9.91 Å². The Labute approximate surface area is 146 Å². The summed E-state index contributed by atoms with van der Waals surface area (Å²) in [6.45, 7) is 1.55. The molecule has 2 aliphatic rings. The smallest absolute Gasteiger partial charge is 0.340 e. The number of anilines is 1. The molecule has 2 aromatic carbocycles. The predicted molar refractivity (Wildman–Crippen MR) is 92.8 cm³/mol. The molecule has 2 fully saturated rings. The van der Waals surface area contributed by atoms with E-state index in [9.17, 15) is 10.1 Å². The van der Waals surface area contributed by atoms with E-state index >= 15 is 0 Å². The molecule has 0 bridgehead atoms. The van der Waals surface area contributed by atoms with Crippen LogP contribution in [0, 0.1) is 11.3 Å². The van der Waals surface area contributed by atoms with E-state index in [2.05, 4.69) is 11.1 Å². The van der Waals surface area contributed by atoms with Crippen LogP contribution in [-0.4, -0.2) is 36.2 Å². The number of nitrogens with zero attached hydrogens (tertiary/aromatic N) is 4. The monoisotopic (exact) mass is 334 g/mol. The van der Waals surface area contributed by atoms with Crippen molar-refractivity contribution in [3.05, 3.63) is 59.7 Å². The highest BCUT2D eigenvalue weighted by Gasteiger charge is 2.47. The Kier molecular flexibility index (Phi) is 3.79. The molecule has 2 saturated heterocycles. The summed E-state index contributed by atoms with van der Waals surface area (Å²) in [6.07, 6.45) is 0.750. The van der Waals surface area contributed by atoms with Gasteiger partial charge in [0.05, 0.1) is 18.7 Å². The largest absolute Gasteiger partial charge is 0.497 e. The fourth-order valence-corrected chi connectivity index (χ4v) is 3.53. The fraction of sp³-hybridized carbons (Fsp3) is 0.263. The van der Waals surface area contributed by atoms with Crippen LogP contribution >= 0.6 is 0 Å². The van der Waals surface area contributed by atoms with E-state index in [0.717, 1.165) is 36.5 Å². The van der Waals surface area contributed by atoms with Gasteiger partial charge in [-0.25, -0.2) is 4.79 Å². The number of nitriles is 1. The number of hydrogen-bond donors (Lipinski definition) is 0. The van der Waals surface area contributed by atoms with Gasteiger partial charge < -0.3 is 4.74 Å². The topological polar surface area (TPSA) is 59.8 Å². The number of hydrazine groups is 1. The van der Waals surface area contributed by atoms with Crippen molar-refractivity contribution in [2.24, 2.45) is 0 Å². The number of methoxy groups -OCH3 is 1. The number of carbonyl (C=O) groups is 1. The minimum Gasteiger partial charge on any atom is -0.497 e. The molecular formula is C19H18N4O2. The summed E-state index contributed by atoms with van der Waals surface area (Å²) in [5.41, 5.74) is 2.29. The van der Waals surface area contributed by atoms with Gasteiger partial charge in [-0.2, -0.15) is 10.3 Å². The van der Waals surface area contributed by atoms with Gasteiger partial charge in [0.25, 0.3) is 0 Å². The zero-order valence-electron chi connectivity index (χ0n) is 13.9. The van der Waals surface area contributed by atoms with Crippen LogP contribution in [0.5, 0.6) is 5.75 Å². The lowest BCUT2D eigenvalue weighted by atomic mass is 10.1. The first-order chi connectivity index (χ1) is 12.2. The van der Waals surface area contributed by atoms with Gasteiger partial charge in [-0.15, -0.1) is 0 Å². The number of fused-ring (bicyclic) bond motifs is 1. The Morgan fingerprint density at radius 2 is 1.96 bits per heavy atom. The van der Waals surface area contributed by atoms with Crippen LogP contribution in [0.3, 0.4) is 0 Å². The molecule has 4 rings (SSSR count). The molecule has 2 aromatic rings. The Bertz CT molecular complexity index is 843. The molecule has 2 aliphatic heterocycles. The van der Waals surface area contributed by atoms with Crippen molar-refractivity contribution in [2.45, 2.75) is 12.6 Å². The molecule has 126 valence electrons. The standard InChI is InChI=1S/C19H18N4O2/c1-25-17-8-6-15(7-9-17)18-21-10-3-11-22(21)19(24)23(18)16-5-2-4-14(12-16)13-20/h2,4-9,12,18H,3,10-11H2,1H3/t18-/m0/s1. The van der Waals surface area contributed by atoms with E-state index in [0.29, 0.717) is 5.56 Å². The number of carbonyl (C=O) groups excluding carboxylic acids is 1. The highest BCUT2D eigenvalue weighted by molar-refractivity contribution is 5.94. The molecule has 2 amide bonds. The van der Waals surface area contributed by atoms with Gasteiger partial charge in [-0.1, -0.05) is 18.2 Å². The predicted octanol–water partition coefficient (Wildman–Crippen LogP) is 3.13. The Hall–Kier alpha value is -3.04. The van der Waals surface area contributed by atoms with E-state index in [1.807, 2.05) is 36.4 Å². The van der Waals surface area contributed by atoms with Crippen molar-refractivity contribution in [1.29, 1.82) is 5.26 Å². The zero-order chi connectivity index (χ0) is 17.4. The lowest BCUT2D eigenvalue weighted by Crippen LogP contribution is -2.32. The summed E-state index contributed by atoms with van der Waals surface area (Å²) < 4.78 is 5.24. The van der Waals surface area contributed by atoms with E-state index in [1.54, 1.807) is 29.2 Å². The Morgan fingerprint density at radius 3 is 2.68 bits per heavy atom. The molecule has 6 heteroatoms. The van der Waals surface area contributed by atoms with Gasteiger partial charge in [-0.05, 0) is 42.3 Å². The van der Waals surface area contributed by atoms with Gasteiger partial charge in [0.15, 0.2) is 0 Å². The summed E-state index contributed by atoms with van der Waals surface area (Å²) in [4.78, 5) is 14.8. The van der Waals surface area contributed by atoms with Crippen LogP contribution < -0.4 is 9.64 Å². The van der Waals surface area contributed by atoms with Crippen molar-refractivity contribution in [3.63, 3.8) is 0 Å². The number of ether oxygens (including phenoxy) is 1. The fourth-order valence-electron chi connectivity index (χ4n) is 3.53. The number of amides is 2. The molecule has 2 heterocycles.